The second-order valence-electron chi connectivity index (χ2n) is 10.2. The fourth-order valence-corrected chi connectivity index (χ4v) is 5.28. The predicted molar refractivity (Wildman–Crippen MR) is 142 cm³/mol. The van der Waals surface area contributed by atoms with Crippen molar-refractivity contribution in [3.05, 3.63) is 63.7 Å². The summed E-state index contributed by atoms with van der Waals surface area (Å²) in [6.45, 7) is 5.05. The molecule has 1 aromatic carbocycles. The Morgan fingerprint density at radius 2 is 1.68 bits per heavy atom. The molecule has 0 amide bonds. The van der Waals surface area contributed by atoms with Gasteiger partial charge in [-0.2, -0.15) is 0 Å². The van der Waals surface area contributed by atoms with Crippen molar-refractivity contribution < 1.29 is 33.0 Å². The van der Waals surface area contributed by atoms with Gasteiger partial charge in [0.05, 0.1) is 17.0 Å². The average Bonchev–Trinajstić information content (AvgIpc) is 3.28. The number of aromatic nitrogens is 2. The molecule has 5 rings (SSSR count). The fraction of sp³-hybridized carbons (Fsp3) is 0.429. The highest BCUT2D eigenvalue weighted by atomic mass is 19.1. The molecule has 1 saturated heterocycles. The van der Waals surface area contributed by atoms with E-state index in [0.29, 0.717) is 19.2 Å². The molecule has 0 spiro atoms. The summed E-state index contributed by atoms with van der Waals surface area (Å²) in [6.07, 6.45) is 4.50. The number of halogens is 3. The highest BCUT2D eigenvalue weighted by molar-refractivity contribution is 5.92. The lowest BCUT2D eigenvalue weighted by Crippen LogP contribution is -2.30. The Morgan fingerprint density at radius 3 is 2.20 bits per heavy atom. The van der Waals surface area contributed by atoms with Crippen LogP contribution in [0.1, 0.15) is 49.9 Å². The number of carboxylic acids is 2. The molecule has 3 heterocycles. The summed E-state index contributed by atoms with van der Waals surface area (Å²) < 4.78 is 43.7. The van der Waals surface area contributed by atoms with Crippen molar-refractivity contribution in [3.63, 3.8) is 0 Å². The number of nitrogens with two attached hydrogens (primary N) is 1. The van der Waals surface area contributed by atoms with Crippen LogP contribution in [0.25, 0.3) is 16.7 Å². The number of benzene rings is 1. The Labute approximate surface area is 228 Å². The smallest absolute Gasteiger partial charge is 0.341 e. The van der Waals surface area contributed by atoms with Crippen LogP contribution in [0.15, 0.2) is 35.3 Å². The molecule has 2 aliphatic rings. The standard InChI is InChI=1S/C20H15F3N4O3.C8H16O2/c21-8-1-2-15(13(22)3-8)27-7-12(20(29)30)17(28)9-4-14(23)19(25-18(9)27)26-5-10-11(6-26)16(10)24;1-3-5-7(6-4-2)8(9)10/h1-4,7,10-11,16H,5-6,24H2,(H,29,30);7H,3-6H2,1-2H3,(H,9,10)/t10-,11+,16+;. The molecule has 0 unspecified atom stereocenters. The Hall–Kier alpha value is -3.93. The summed E-state index contributed by atoms with van der Waals surface area (Å²) in [5.41, 5.74) is 3.94. The molecule has 1 aliphatic heterocycles. The van der Waals surface area contributed by atoms with Crippen molar-refractivity contribution in [3.8, 4) is 5.69 Å². The van der Waals surface area contributed by atoms with Crippen LogP contribution in [0.2, 0.25) is 0 Å². The first kappa shape index (κ1) is 29.1. The number of carboxylic acid groups (broad SMARTS) is 2. The average molecular weight is 561 g/mol. The zero-order valence-electron chi connectivity index (χ0n) is 22.1. The van der Waals surface area contributed by atoms with Crippen molar-refractivity contribution in [2.45, 2.75) is 45.6 Å². The first-order valence-corrected chi connectivity index (χ1v) is 13.2. The van der Waals surface area contributed by atoms with E-state index in [1.54, 1.807) is 4.90 Å². The Bertz CT molecular complexity index is 1490. The summed E-state index contributed by atoms with van der Waals surface area (Å²) in [6, 6.07) is 3.69. The van der Waals surface area contributed by atoms with E-state index in [0.717, 1.165) is 54.6 Å². The first-order valence-electron chi connectivity index (χ1n) is 13.2. The van der Waals surface area contributed by atoms with E-state index in [-0.39, 0.29) is 46.3 Å². The van der Waals surface area contributed by atoms with Crippen LogP contribution in [-0.4, -0.2) is 50.8 Å². The van der Waals surface area contributed by atoms with Crippen LogP contribution < -0.4 is 16.1 Å². The Balaban J connectivity index is 0.000000318. The SMILES string of the molecule is CCCC(CCC)C(=O)O.N[C@@H]1[C@H]2CN(c3nc4c(cc3F)c(=O)c(C(=O)O)cn4-c3ccc(F)cc3F)C[C@@H]12. The van der Waals surface area contributed by atoms with Gasteiger partial charge in [0.15, 0.2) is 17.3 Å². The number of anilines is 1. The second kappa shape index (κ2) is 11.7. The van der Waals surface area contributed by atoms with Crippen molar-refractivity contribution in [1.82, 2.24) is 9.55 Å². The maximum Gasteiger partial charge on any atom is 0.341 e. The quantitative estimate of drug-likeness (QED) is 0.373. The van der Waals surface area contributed by atoms with Crippen molar-refractivity contribution in [2.24, 2.45) is 23.5 Å². The van der Waals surface area contributed by atoms with Crippen LogP contribution in [0.4, 0.5) is 19.0 Å². The van der Waals surface area contributed by atoms with E-state index in [1.807, 2.05) is 13.8 Å². The number of fused-ring (bicyclic) bond motifs is 2. The molecule has 0 radical (unpaired) electrons. The van der Waals surface area contributed by atoms with Crippen LogP contribution in [0, 0.1) is 35.2 Å². The maximum atomic E-state index is 14.8. The monoisotopic (exact) mass is 560 g/mol. The van der Waals surface area contributed by atoms with Crippen LogP contribution >= 0.6 is 0 Å². The number of hydrogen-bond acceptors (Lipinski definition) is 6. The van der Waals surface area contributed by atoms with E-state index in [4.69, 9.17) is 10.8 Å². The van der Waals surface area contributed by atoms with Gasteiger partial charge in [0.1, 0.15) is 17.2 Å². The topological polar surface area (TPSA) is 139 Å². The van der Waals surface area contributed by atoms with Crippen molar-refractivity contribution in [2.75, 3.05) is 18.0 Å². The van der Waals surface area contributed by atoms with Gasteiger partial charge < -0.3 is 20.8 Å². The number of piperidine rings is 1. The van der Waals surface area contributed by atoms with Gasteiger partial charge in [-0.15, -0.1) is 0 Å². The zero-order chi connectivity index (χ0) is 29.3. The van der Waals surface area contributed by atoms with Crippen LogP contribution in [0.3, 0.4) is 0 Å². The third-order valence-corrected chi connectivity index (χ3v) is 7.50. The van der Waals surface area contributed by atoms with E-state index < -0.39 is 40.4 Å². The van der Waals surface area contributed by atoms with Gasteiger partial charge in [-0.05, 0) is 42.9 Å². The Morgan fingerprint density at radius 1 is 1.05 bits per heavy atom. The molecular weight excluding hydrogens is 529 g/mol. The normalized spacial score (nSPS) is 19.4. The third kappa shape index (κ3) is 5.67. The minimum absolute atomic E-state index is 0.0272. The van der Waals surface area contributed by atoms with E-state index in [1.165, 1.54) is 0 Å². The minimum Gasteiger partial charge on any atom is -0.481 e. The number of hydrogen-bond donors (Lipinski definition) is 3. The molecule has 0 bridgehead atoms. The Kier molecular flexibility index (Phi) is 8.48. The summed E-state index contributed by atoms with van der Waals surface area (Å²) in [4.78, 5) is 40.6. The first-order chi connectivity index (χ1) is 19.0. The molecule has 1 aliphatic carbocycles. The van der Waals surface area contributed by atoms with E-state index in [9.17, 15) is 32.7 Å². The lowest BCUT2D eigenvalue weighted by molar-refractivity contribution is -0.142. The highest BCUT2D eigenvalue weighted by Crippen LogP contribution is 2.45. The van der Waals surface area contributed by atoms with E-state index >= 15 is 0 Å². The molecule has 2 aromatic heterocycles. The molecule has 214 valence electrons. The molecule has 3 atom stereocenters. The molecule has 40 heavy (non-hydrogen) atoms. The van der Waals surface area contributed by atoms with Crippen LogP contribution in [-0.2, 0) is 4.79 Å². The maximum absolute atomic E-state index is 14.8. The molecule has 1 saturated carbocycles. The summed E-state index contributed by atoms with van der Waals surface area (Å²) in [5, 5.41) is 17.7. The molecule has 4 N–H and O–H groups in total. The highest BCUT2D eigenvalue weighted by Gasteiger charge is 2.54. The van der Waals surface area contributed by atoms with Gasteiger partial charge in [-0.25, -0.2) is 22.9 Å². The molecule has 9 nitrogen and oxygen atoms in total. The van der Waals surface area contributed by atoms with Crippen molar-refractivity contribution in [1.29, 1.82) is 0 Å². The van der Waals surface area contributed by atoms with Gasteiger partial charge in [0, 0.05) is 31.4 Å². The number of rotatable bonds is 8. The molecular formula is C28H31F3N4O5. The van der Waals surface area contributed by atoms with Gasteiger partial charge in [-0.3, -0.25) is 14.2 Å². The predicted octanol–water partition coefficient (Wildman–Crippen LogP) is 4.18. The van der Waals surface area contributed by atoms with Crippen LogP contribution in [0.5, 0.6) is 0 Å². The van der Waals surface area contributed by atoms with Crippen molar-refractivity contribution >= 4 is 28.8 Å². The number of aromatic carboxylic acids is 1. The van der Waals surface area contributed by atoms with Gasteiger partial charge in [0.2, 0.25) is 5.43 Å². The second-order valence-corrected chi connectivity index (χ2v) is 10.2. The van der Waals surface area contributed by atoms with Gasteiger partial charge in [0.25, 0.3) is 0 Å². The third-order valence-electron chi connectivity index (χ3n) is 7.50. The fourth-order valence-electron chi connectivity index (χ4n) is 5.28. The van der Waals surface area contributed by atoms with E-state index in [2.05, 4.69) is 4.98 Å². The number of aliphatic carboxylic acids is 1. The van der Waals surface area contributed by atoms with Gasteiger partial charge in [-0.1, -0.05) is 26.7 Å². The molecule has 2 fully saturated rings. The van der Waals surface area contributed by atoms with Gasteiger partial charge >= 0.3 is 11.9 Å². The lowest BCUT2D eigenvalue weighted by atomic mass is 9.99. The zero-order valence-corrected chi connectivity index (χ0v) is 22.1. The molecule has 3 aromatic rings. The summed E-state index contributed by atoms with van der Waals surface area (Å²) in [5.74, 6) is -4.44. The number of pyridine rings is 2. The number of carbonyl (C=O) groups is 2. The number of nitrogens with zero attached hydrogens (tertiary/aromatic N) is 3. The minimum atomic E-state index is -1.56. The summed E-state index contributed by atoms with van der Waals surface area (Å²) in [7, 11) is 0. The largest absolute Gasteiger partial charge is 0.481 e. The summed E-state index contributed by atoms with van der Waals surface area (Å²) >= 11 is 0. The molecule has 12 heteroatoms. The lowest BCUT2D eigenvalue weighted by Gasteiger charge is -2.22.